The number of rotatable bonds is 8. The van der Waals surface area contributed by atoms with Gasteiger partial charge >= 0.3 is 5.97 Å². The van der Waals surface area contributed by atoms with E-state index in [1.54, 1.807) is 6.92 Å². The smallest absolute Gasteiger partial charge is 0.357 e. The largest absolute Gasteiger partial charge is 0.442 e. The summed E-state index contributed by atoms with van der Waals surface area (Å²) in [5.41, 5.74) is -0.915. The highest BCUT2D eigenvalue weighted by molar-refractivity contribution is 7.90. The number of nitro benzene ring substituents is 1. The molecule has 1 unspecified atom stereocenters. The molecular formula is C17H20ClN3O6S. The average Bonchev–Trinajstić information content (AvgIpc) is 3.13. The fraction of sp³-hybridized carbons (Fsp3) is 0.353. The Labute approximate surface area is 167 Å². The van der Waals surface area contributed by atoms with Gasteiger partial charge in [-0.15, -0.1) is 0 Å². The first-order valence-corrected chi connectivity index (χ1v) is 10.3. The van der Waals surface area contributed by atoms with Crippen LogP contribution in [0, 0.1) is 10.1 Å². The highest BCUT2D eigenvalue weighted by atomic mass is 35.5. The van der Waals surface area contributed by atoms with Gasteiger partial charge in [0.2, 0.25) is 0 Å². The van der Waals surface area contributed by atoms with Gasteiger partial charge in [0.15, 0.2) is 11.1 Å². The van der Waals surface area contributed by atoms with Crippen LogP contribution in [0.1, 0.15) is 31.3 Å². The van der Waals surface area contributed by atoms with Crippen molar-refractivity contribution in [1.29, 1.82) is 0 Å². The van der Waals surface area contributed by atoms with Crippen LogP contribution < -0.4 is 0 Å². The lowest BCUT2D eigenvalue weighted by molar-refractivity contribution is -0.387. The zero-order valence-corrected chi connectivity index (χ0v) is 17.1. The molecule has 28 heavy (non-hydrogen) atoms. The van der Waals surface area contributed by atoms with Crippen molar-refractivity contribution >= 4 is 33.3 Å². The molecule has 0 saturated carbocycles. The van der Waals surface area contributed by atoms with Crippen LogP contribution in [0.5, 0.6) is 0 Å². The third kappa shape index (κ3) is 4.34. The maximum atomic E-state index is 13.0. The molecule has 0 amide bonds. The number of aromatic nitrogens is 1. The molecule has 1 heterocycles. The fourth-order valence-electron chi connectivity index (χ4n) is 2.71. The fourth-order valence-corrected chi connectivity index (χ4v) is 4.47. The average molecular weight is 430 g/mol. The number of benzene rings is 1. The van der Waals surface area contributed by atoms with E-state index in [-0.39, 0.29) is 10.7 Å². The summed E-state index contributed by atoms with van der Waals surface area (Å²) in [6, 6.07) is 5.80. The Bertz CT molecular complexity index is 985. The lowest BCUT2D eigenvalue weighted by atomic mass is 10.3. The monoisotopic (exact) mass is 429 g/mol. The second-order valence-corrected chi connectivity index (χ2v) is 8.01. The minimum atomic E-state index is -4.46. The number of esters is 1. The number of carbonyl (C=O) groups is 1. The van der Waals surface area contributed by atoms with E-state index in [9.17, 15) is 23.3 Å². The van der Waals surface area contributed by atoms with Crippen LogP contribution in [0.25, 0.3) is 0 Å². The maximum absolute atomic E-state index is 13.0. The SMILES string of the molecule is CCN(CC)C(C)OC(=O)c1cccn1S(=O)(=O)c1cc(Cl)ccc1[N+](=O)[O-]. The first-order valence-electron chi connectivity index (χ1n) is 8.45. The molecule has 0 saturated heterocycles. The van der Waals surface area contributed by atoms with Crippen molar-refractivity contribution in [3.8, 4) is 0 Å². The number of hydrogen-bond donors (Lipinski definition) is 0. The highest BCUT2D eigenvalue weighted by Crippen LogP contribution is 2.29. The van der Waals surface area contributed by atoms with E-state index in [0.29, 0.717) is 17.1 Å². The molecule has 9 nitrogen and oxygen atoms in total. The maximum Gasteiger partial charge on any atom is 0.357 e. The Hall–Kier alpha value is -2.43. The predicted octanol–water partition coefficient (Wildman–Crippen LogP) is 3.13. The number of halogens is 1. The van der Waals surface area contributed by atoms with Gasteiger partial charge in [0.05, 0.1) is 4.92 Å². The lowest BCUT2D eigenvalue weighted by Gasteiger charge is -2.25. The summed E-state index contributed by atoms with van der Waals surface area (Å²) in [5, 5.41) is 11.3. The summed E-state index contributed by atoms with van der Waals surface area (Å²) >= 11 is 5.83. The van der Waals surface area contributed by atoms with Gasteiger partial charge in [-0.25, -0.2) is 17.2 Å². The molecule has 0 aliphatic rings. The van der Waals surface area contributed by atoms with Gasteiger partial charge in [-0.2, -0.15) is 0 Å². The Morgan fingerprint density at radius 2 is 1.96 bits per heavy atom. The molecule has 11 heteroatoms. The molecule has 0 bridgehead atoms. The van der Waals surface area contributed by atoms with E-state index in [2.05, 4.69) is 0 Å². The van der Waals surface area contributed by atoms with E-state index in [0.717, 1.165) is 18.3 Å². The summed E-state index contributed by atoms with van der Waals surface area (Å²) in [6.07, 6.45) is 0.549. The van der Waals surface area contributed by atoms with Crippen molar-refractivity contribution in [2.24, 2.45) is 0 Å². The lowest BCUT2D eigenvalue weighted by Crippen LogP contribution is -2.36. The molecule has 152 valence electrons. The van der Waals surface area contributed by atoms with Crippen LogP contribution >= 0.6 is 11.6 Å². The molecule has 0 aliphatic carbocycles. The van der Waals surface area contributed by atoms with Gasteiger partial charge in [-0.05, 0) is 44.3 Å². The Kier molecular flexibility index (Phi) is 6.81. The molecule has 0 N–H and O–H groups in total. The molecule has 1 atom stereocenters. The van der Waals surface area contributed by atoms with E-state index < -0.39 is 37.7 Å². The van der Waals surface area contributed by atoms with Crippen molar-refractivity contribution < 1.29 is 22.9 Å². The summed E-state index contributed by atoms with van der Waals surface area (Å²) in [4.78, 5) is 24.2. The molecule has 0 radical (unpaired) electrons. The number of nitro groups is 1. The number of carbonyl (C=O) groups excluding carboxylic acids is 1. The second-order valence-electron chi connectivity index (χ2n) is 5.79. The van der Waals surface area contributed by atoms with Crippen LogP contribution in [-0.2, 0) is 14.8 Å². The molecule has 0 aliphatic heterocycles. The van der Waals surface area contributed by atoms with E-state index in [1.165, 1.54) is 18.2 Å². The van der Waals surface area contributed by atoms with Crippen LogP contribution in [-0.4, -0.2) is 47.5 Å². The Balaban J connectivity index is 2.46. The highest BCUT2D eigenvalue weighted by Gasteiger charge is 2.31. The summed E-state index contributed by atoms with van der Waals surface area (Å²) in [6.45, 7) is 6.75. The second kappa shape index (κ2) is 8.72. The van der Waals surface area contributed by atoms with Crippen molar-refractivity contribution in [1.82, 2.24) is 8.87 Å². The first kappa shape index (κ1) is 21.9. The number of hydrogen-bond acceptors (Lipinski definition) is 7. The van der Waals surface area contributed by atoms with E-state index in [4.69, 9.17) is 16.3 Å². The van der Waals surface area contributed by atoms with E-state index >= 15 is 0 Å². The molecular weight excluding hydrogens is 410 g/mol. The zero-order chi connectivity index (χ0) is 21.1. The number of ether oxygens (including phenoxy) is 1. The summed E-state index contributed by atoms with van der Waals surface area (Å²) in [5.74, 6) is -0.863. The zero-order valence-electron chi connectivity index (χ0n) is 15.5. The molecule has 0 fully saturated rings. The van der Waals surface area contributed by atoms with Gasteiger partial charge in [0.25, 0.3) is 15.7 Å². The molecule has 2 rings (SSSR count). The molecule has 1 aromatic carbocycles. The van der Waals surface area contributed by atoms with Gasteiger partial charge in [0, 0.05) is 17.3 Å². The van der Waals surface area contributed by atoms with Gasteiger partial charge in [-0.1, -0.05) is 25.4 Å². The Morgan fingerprint density at radius 3 is 2.54 bits per heavy atom. The van der Waals surface area contributed by atoms with Gasteiger partial charge < -0.3 is 4.74 Å². The van der Waals surface area contributed by atoms with E-state index in [1.807, 2.05) is 18.7 Å². The Morgan fingerprint density at radius 1 is 1.32 bits per heavy atom. The molecule has 0 spiro atoms. The van der Waals surface area contributed by atoms with Crippen molar-refractivity contribution in [3.63, 3.8) is 0 Å². The normalized spacial score (nSPS) is 12.8. The van der Waals surface area contributed by atoms with Crippen molar-refractivity contribution in [3.05, 3.63) is 57.4 Å². The third-order valence-electron chi connectivity index (χ3n) is 4.18. The minimum absolute atomic E-state index is 0.00983. The van der Waals surface area contributed by atoms with Crippen molar-refractivity contribution in [2.75, 3.05) is 13.1 Å². The third-order valence-corrected chi connectivity index (χ3v) is 6.14. The standard InChI is InChI=1S/C17H20ClN3O6S/c1-4-19(5-2)12(3)27-17(22)15-7-6-10-20(15)28(25,26)16-11-13(18)8-9-14(16)21(23)24/h6-12H,4-5H2,1-3H3. The number of nitrogens with zero attached hydrogens (tertiary/aromatic N) is 3. The van der Waals surface area contributed by atoms with Crippen molar-refractivity contribution in [2.45, 2.75) is 31.9 Å². The molecule has 1 aromatic heterocycles. The summed E-state index contributed by atoms with van der Waals surface area (Å²) in [7, 11) is -4.46. The van der Waals surface area contributed by atoms with Gasteiger partial charge in [-0.3, -0.25) is 15.0 Å². The summed E-state index contributed by atoms with van der Waals surface area (Å²) < 4.78 is 32.0. The topological polar surface area (TPSA) is 112 Å². The van der Waals surface area contributed by atoms with Crippen LogP contribution in [0.15, 0.2) is 41.4 Å². The van der Waals surface area contributed by atoms with Crippen LogP contribution in [0.2, 0.25) is 5.02 Å². The quantitative estimate of drug-likeness (QED) is 0.274. The molecule has 2 aromatic rings. The van der Waals surface area contributed by atoms with Crippen LogP contribution in [0.3, 0.4) is 0 Å². The van der Waals surface area contributed by atoms with Gasteiger partial charge in [0.1, 0.15) is 5.69 Å². The predicted molar refractivity (Wildman–Crippen MR) is 103 cm³/mol. The first-order chi connectivity index (χ1) is 13.1. The minimum Gasteiger partial charge on any atom is -0.442 e. The van der Waals surface area contributed by atoms with Crippen LogP contribution in [0.4, 0.5) is 5.69 Å².